The highest BCUT2D eigenvalue weighted by atomic mass is 16.5. The fourth-order valence-electron chi connectivity index (χ4n) is 2.70. The van der Waals surface area contributed by atoms with Gasteiger partial charge in [0.1, 0.15) is 0 Å². The van der Waals surface area contributed by atoms with Gasteiger partial charge in [-0.2, -0.15) is 0 Å². The Morgan fingerprint density at radius 2 is 1.75 bits per heavy atom. The molecule has 0 amide bonds. The molecule has 1 heterocycles. The molecule has 1 aromatic heterocycles. The number of nitrogens with two attached hydrogens (primary N) is 1. The van der Waals surface area contributed by atoms with Crippen LogP contribution in [0.4, 0.5) is 5.69 Å². The highest BCUT2D eigenvalue weighted by Gasteiger charge is 2.24. The zero-order valence-corrected chi connectivity index (χ0v) is 13.5. The highest BCUT2D eigenvalue weighted by Crippen LogP contribution is 2.24. The molecule has 0 saturated heterocycles. The number of ether oxygens (including phenoxy) is 1. The van der Waals surface area contributed by atoms with Crippen molar-refractivity contribution in [2.24, 2.45) is 0 Å². The highest BCUT2D eigenvalue weighted by molar-refractivity contribution is 6.11. The number of esters is 1. The first-order chi connectivity index (χ1) is 11.5. The Labute approximate surface area is 139 Å². The molecule has 0 fully saturated rings. The number of aryl methyl sites for hydroxylation is 1. The molecule has 5 nitrogen and oxygen atoms in total. The maximum Gasteiger partial charge on any atom is 0.338 e. The first-order valence-corrected chi connectivity index (χ1v) is 7.65. The van der Waals surface area contributed by atoms with Crippen LogP contribution >= 0.6 is 0 Å². The molecule has 122 valence electrons. The van der Waals surface area contributed by atoms with Gasteiger partial charge in [-0.15, -0.1) is 0 Å². The second kappa shape index (κ2) is 6.20. The molecule has 0 spiro atoms. The van der Waals surface area contributed by atoms with E-state index in [1.165, 1.54) is 0 Å². The second-order valence-corrected chi connectivity index (χ2v) is 5.70. The monoisotopic (exact) mass is 322 g/mol. The van der Waals surface area contributed by atoms with Gasteiger partial charge in [0.25, 0.3) is 0 Å². The number of ketones is 1. The van der Waals surface area contributed by atoms with Crippen molar-refractivity contribution in [2.75, 3.05) is 5.73 Å². The molecule has 2 aromatic carbocycles. The van der Waals surface area contributed by atoms with E-state index < -0.39 is 12.1 Å². The van der Waals surface area contributed by atoms with E-state index in [1.807, 2.05) is 31.2 Å². The average molecular weight is 322 g/mol. The maximum atomic E-state index is 12.7. The Hall–Kier alpha value is -3.08. The van der Waals surface area contributed by atoms with Gasteiger partial charge in [-0.25, -0.2) is 4.79 Å². The van der Waals surface area contributed by atoms with Crippen molar-refractivity contribution in [1.82, 2.24) is 4.98 Å². The van der Waals surface area contributed by atoms with Crippen LogP contribution in [0.15, 0.2) is 48.5 Å². The largest absolute Gasteiger partial charge is 0.451 e. The summed E-state index contributed by atoms with van der Waals surface area (Å²) in [5, 5.41) is 0.829. The third-order valence-electron chi connectivity index (χ3n) is 3.94. The Kier molecular flexibility index (Phi) is 4.08. The number of rotatable bonds is 4. The van der Waals surface area contributed by atoms with Crippen molar-refractivity contribution in [3.8, 4) is 0 Å². The fourth-order valence-corrected chi connectivity index (χ4v) is 2.70. The van der Waals surface area contributed by atoms with Crippen LogP contribution in [-0.2, 0) is 4.74 Å². The summed E-state index contributed by atoms with van der Waals surface area (Å²) in [5.41, 5.74) is 8.73. The lowest BCUT2D eigenvalue weighted by atomic mass is 10.0. The molecule has 0 unspecified atom stereocenters. The predicted molar refractivity (Wildman–Crippen MR) is 93.1 cm³/mol. The summed E-state index contributed by atoms with van der Waals surface area (Å²) in [6, 6.07) is 13.9. The zero-order valence-electron chi connectivity index (χ0n) is 13.5. The number of carbonyl (C=O) groups excluding carboxylic acids is 2. The molecule has 3 N–H and O–H groups in total. The molecular formula is C19H18N2O3. The summed E-state index contributed by atoms with van der Waals surface area (Å²) in [6.07, 6.45) is -0.882. The number of hydrogen-bond acceptors (Lipinski definition) is 4. The molecule has 5 heteroatoms. The Morgan fingerprint density at radius 1 is 1.08 bits per heavy atom. The van der Waals surface area contributed by atoms with Gasteiger partial charge >= 0.3 is 5.97 Å². The number of benzene rings is 2. The molecule has 1 atom stereocenters. The first-order valence-electron chi connectivity index (χ1n) is 7.65. The summed E-state index contributed by atoms with van der Waals surface area (Å²) in [6.45, 7) is 3.42. The first kappa shape index (κ1) is 15.8. The lowest BCUT2D eigenvalue weighted by Gasteiger charge is -2.12. The number of Topliss-reactive ketones (excluding diaryl/α,β-unsaturated/α-hetero) is 1. The van der Waals surface area contributed by atoms with Gasteiger partial charge in [-0.1, -0.05) is 18.2 Å². The van der Waals surface area contributed by atoms with Crippen LogP contribution in [0.1, 0.15) is 33.3 Å². The van der Waals surface area contributed by atoms with Crippen LogP contribution in [0.2, 0.25) is 0 Å². The second-order valence-electron chi connectivity index (χ2n) is 5.70. The minimum atomic E-state index is -0.882. The van der Waals surface area contributed by atoms with E-state index in [1.54, 1.807) is 31.2 Å². The molecule has 0 saturated carbocycles. The van der Waals surface area contributed by atoms with E-state index in [4.69, 9.17) is 10.5 Å². The van der Waals surface area contributed by atoms with E-state index in [0.717, 1.165) is 16.6 Å². The standard InChI is InChI=1S/C19H18N2O3/c1-11-17(15-5-3-4-6-16(15)21-11)18(22)12(2)24-19(23)13-7-9-14(20)10-8-13/h3-10,12,21H,20H2,1-2H3/t12-/m0/s1. The Bertz CT molecular complexity index is 910. The molecule has 3 rings (SSSR count). The van der Waals surface area contributed by atoms with Crippen molar-refractivity contribution in [3.05, 3.63) is 65.4 Å². The summed E-state index contributed by atoms with van der Waals surface area (Å²) in [7, 11) is 0. The van der Waals surface area contributed by atoms with Crippen molar-refractivity contribution in [1.29, 1.82) is 0 Å². The Morgan fingerprint density at radius 3 is 2.46 bits per heavy atom. The lowest BCUT2D eigenvalue weighted by molar-refractivity contribution is 0.0319. The van der Waals surface area contributed by atoms with Crippen molar-refractivity contribution in [2.45, 2.75) is 20.0 Å². The molecule has 24 heavy (non-hydrogen) atoms. The number of aromatic nitrogens is 1. The Balaban J connectivity index is 1.82. The van der Waals surface area contributed by atoms with Gasteiger partial charge in [0.2, 0.25) is 5.78 Å². The van der Waals surface area contributed by atoms with Crippen molar-refractivity contribution in [3.63, 3.8) is 0 Å². The van der Waals surface area contributed by atoms with Crippen LogP contribution < -0.4 is 5.73 Å². The number of para-hydroxylation sites is 1. The van der Waals surface area contributed by atoms with Crippen LogP contribution in [-0.4, -0.2) is 22.8 Å². The van der Waals surface area contributed by atoms with Gasteiger partial charge in [0.05, 0.1) is 5.56 Å². The number of fused-ring (bicyclic) bond motifs is 1. The third kappa shape index (κ3) is 2.88. The number of nitrogen functional groups attached to an aromatic ring is 1. The van der Waals surface area contributed by atoms with Crippen molar-refractivity contribution >= 4 is 28.3 Å². The number of anilines is 1. The van der Waals surface area contributed by atoms with E-state index in [2.05, 4.69) is 4.98 Å². The summed E-state index contributed by atoms with van der Waals surface area (Å²) in [5.74, 6) is -0.776. The third-order valence-corrected chi connectivity index (χ3v) is 3.94. The van der Waals surface area contributed by atoms with Crippen LogP contribution in [0.25, 0.3) is 10.9 Å². The number of nitrogens with one attached hydrogen (secondary N) is 1. The van der Waals surface area contributed by atoms with Gasteiger partial charge in [-0.05, 0) is 44.2 Å². The lowest BCUT2D eigenvalue weighted by Crippen LogP contribution is -2.24. The average Bonchev–Trinajstić information content (AvgIpc) is 2.90. The molecular weight excluding hydrogens is 304 g/mol. The van der Waals surface area contributed by atoms with Gasteiger partial charge < -0.3 is 15.5 Å². The summed E-state index contributed by atoms with van der Waals surface area (Å²) < 4.78 is 5.32. The van der Waals surface area contributed by atoms with Crippen LogP contribution in [0, 0.1) is 6.92 Å². The molecule has 0 bridgehead atoms. The number of H-pyrrole nitrogens is 1. The number of carbonyl (C=O) groups is 2. The zero-order chi connectivity index (χ0) is 17.3. The molecule has 0 aliphatic carbocycles. The minimum absolute atomic E-state index is 0.228. The van der Waals surface area contributed by atoms with Crippen molar-refractivity contribution < 1.29 is 14.3 Å². The summed E-state index contributed by atoms with van der Waals surface area (Å²) in [4.78, 5) is 28.1. The predicted octanol–water partition coefficient (Wildman–Crippen LogP) is 3.49. The normalized spacial score (nSPS) is 12.1. The quantitative estimate of drug-likeness (QED) is 0.437. The SMILES string of the molecule is Cc1[nH]c2ccccc2c1C(=O)[C@H](C)OC(=O)c1ccc(N)cc1. The topological polar surface area (TPSA) is 85.2 Å². The fraction of sp³-hybridized carbons (Fsp3) is 0.158. The number of hydrogen-bond donors (Lipinski definition) is 2. The van der Waals surface area contributed by atoms with E-state index in [-0.39, 0.29) is 5.78 Å². The molecule has 0 aliphatic heterocycles. The molecule has 0 aliphatic rings. The van der Waals surface area contributed by atoms with Crippen LogP contribution in [0.3, 0.4) is 0 Å². The van der Waals surface area contributed by atoms with E-state index in [9.17, 15) is 9.59 Å². The summed E-state index contributed by atoms with van der Waals surface area (Å²) >= 11 is 0. The number of aromatic amines is 1. The molecule has 0 radical (unpaired) electrons. The van der Waals surface area contributed by atoms with Gasteiger partial charge in [0.15, 0.2) is 6.10 Å². The maximum absolute atomic E-state index is 12.7. The van der Waals surface area contributed by atoms with E-state index in [0.29, 0.717) is 16.8 Å². The smallest absolute Gasteiger partial charge is 0.338 e. The van der Waals surface area contributed by atoms with E-state index >= 15 is 0 Å². The molecule has 3 aromatic rings. The van der Waals surface area contributed by atoms with Gasteiger partial charge in [0, 0.05) is 27.8 Å². The van der Waals surface area contributed by atoms with Crippen LogP contribution in [0.5, 0.6) is 0 Å². The van der Waals surface area contributed by atoms with Gasteiger partial charge in [-0.3, -0.25) is 4.79 Å². The minimum Gasteiger partial charge on any atom is -0.451 e.